The van der Waals surface area contributed by atoms with E-state index < -0.39 is 46.7 Å². The maximum absolute atomic E-state index is 15.9. The van der Waals surface area contributed by atoms with Gasteiger partial charge in [-0.1, -0.05) is 39.0 Å². The summed E-state index contributed by atoms with van der Waals surface area (Å²) in [5, 5.41) is 22.7. The molecule has 6 rings (SSSR count). The number of hydrogen-bond donors (Lipinski definition) is 1. The molecule has 1 aliphatic heterocycles. The molecular weight excluding hydrogens is 518 g/mol. The topological polar surface area (TPSA) is 99.9 Å². The first kappa shape index (κ1) is 27.3. The van der Waals surface area contributed by atoms with E-state index in [-0.39, 0.29) is 42.2 Å². The average Bonchev–Trinajstić information content (AvgIpc) is 3.35. The molecule has 1 heterocycles. The van der Waals surface area contributed by atoms with E-state index in [2.05, 4.69) is 6.92 Å². The number of hydrogen-bond acceptors (Lipinski definition) is 7. The highest BCUT2D eigenvalue weighted by molar-refractivity contribution is 6.01. The highest BCUT2D eigenvalue weighted by Crippen LogP contribution is 2.76. The summed E-state index contributed by atoms with van der Waals surface area (Å²) < 4.78 is 34.8. The van der Waals surface area contributed by atoms with E-state index in [1.54, 1.807) is 23.3 Å². The molecule has 0 amide bonds. The van der Waals surface area contributed by atoms with Crippen molar-refractivity contribution < 1.29 is 33.1 Å². The van der Waals surface area contributed by atoms with Crippen LogP contribution in [0.15, 0.2) is 48.1 Å². The third-order valence-corrected chi connectivity index (χ3v) is 11.2. The van der Waals surface area contributed by atoms with Crippen LogP contribution in [0, 0.1) is 51.1 Å². The summed E-state index contributed by atoms with van der Waals surface area (Å²) in [6, 6.07) is 7.91. The van der Waals surface area contributed by atoms with Gasteiger partial charge < -0.3 is 9.84 Å². The quantitative estimate of drug-likeness (QED) is 0.559. The number of rotatable bonds is 4. The first-order valence-electron chi connectivity index (χ1n) is 13.9. The van der Waals surface area contributed by atoms with Gasteiger partial charge in [0.2, 0.25) is 0 Å². The first-order valence-corrected chi connectivity index (χ1v) is 13.9. The summed E-state index contributed by atoms with van der Waals surface area (Å²) in [7, 11) is 0. The van der Waals surface area contributed by atoms with Crippen molar-refractivity contribution in [2.45, 2.75) is 64.5 Å². The van der Waals surface area contributed by atoms with Gasteiger partial charge in [-0.15, -0.1) is 0 Å². The van der Waals surface area contributed by atoms with Crippen LogP contribution in [-0.4, -0.2) is 53.0 Å². The third-order valence-electron chi connectivity index (χ3n) is 11.2. The molecule has 7 nitrogen and oxygen atoms in total. The van der Waals surface area contributed by atoms with Gasteiger partial charge in [-0.3, -0.25) is 9.63 Å². The minimum absolute atomic E-state index is 0.131. The van der Waals surface area contributed by atoms with E-state index in [4.69, 9.17) is 14.8 Å². The van der Waals surface area contributed by atoms with Crippen molar-refractivity contribution in [1.82, 2.24) is 5.06 Å². The molecule has 0 spiro atoms. The van der Waals surface area contributed by atoms with Gasteiger partial charge >= 0.3 is 5.97 Å². The maximum Gasteiger partial charge on any atom is 0.342 e. The smallest absolute Gasteiger partial charge is 0.342 e. The summed E-state index contributed by atoms with van der Waals surface area (Å²) in [5.41, 5.74) is -2.69. The Balaban J connectivity index is 1.41. The SMILES string of the molecule is CC12C=CC(=O)C=C1C(F)CC1C2C(O)CC2(C)C1(C)CC1CN(Cc3ccc(F)cc3)OC12C(=O)OCC#N. The first-order chi connectivity index (χ1) is 18.9. The second kappa shape index (κ2) is 9.04. The molecule has 0 bridgehead atoms. The summed E-state index contributed by atoms with van der Waals surface area (Å²) >= 11 is 0. The van der Waals surface area contributed by atoms with E-state index in [1.165, 1.54) is 24.3 Å². The molecule has 3 saturated carbocycles. The zero-order valence-corrected chi connectivity index (χ0v) is 22.9. The van der Waals surface area contributed by atoms with Crippen LogP contribution in [0.25, 0.3) is 0 Å². The Morgan fingerprint density at radius 3 is 2.67 bits per heavy atom. The Hall–Kier alpha value is -2.93. The molecule has 4 fully saturated rings. The second-order valence-electron chi connectivity index (χ2n) is 12.9. The van der Waals surface area contributed by atoms with Gasteiger partial charge in [0, 0.05) is 35.8 Å². The van der Waals surface area contributed by atoms with Crippen molar-refractivity contribution in [2.24, 2.45) is 34.0 Å². The molecule has 5 aliphatic rings. The van der Waals surface area contributed by atoms with E-state index in [0.29, 0.717) is 25.1 Å². The molecule has 9 atom stereocenters. The van der Waals surface area contributed by atoms with Gasteiger partial charge in [-0.2, -0.15) is 10.3 Å². The molecular formula is C31H34F2N2O5. The number of nitrogens with zero attached hydrogens (tertiary/aromatic N) is 2. The lowest BCUT2D eigenvalue weighted by Crippen LogP contribution is -2.67. The molecule has 0 aromatic heterocycles. The van der Waals surface area contributed by atoms with Gasteiger partial charge in [0.05, 0.1) is 6.10 Å². The van der Waals surface area contributed by atoms with Crippen molar-refractivity contribution in [3.63, 3.8) is 0 Å². The van der Waals surface area contributed by atoms with Crippen molar-refractivity contribution in [3.05, 3.63) is 59.4 Å². The number of benzene rings is 1. The van der Waals surface area contributed by atoms with Crippen molar-refractivity contribution in [2.75, 3.05) is 13.2 Å². The summed E-state index contributed by atoms with van der Waals surface area (Å²) in [6.07, 6.45) is 3.19. The number of esters is 1. The Morgan fingerprint density at radius 1 is 1.25 bits per heavy atom. The summed E-state index contributed by atoms with van der Waals surface area (Å²) in [6.45, 7) is 6.16. The minimum Gasteiger partial charge on any atom is -0.448 e. The number of carbonyl (C=O) groups excluding carboxylic acids is 2. The summed E-state index contributed by atoms with van der Waals surface area (Å²) in [4.78, 5) is 32.7. The number of aliphatic hydroxyl groups is 1. The lowest BCUT2D eigenvalue weighted by Gasteiger charge is -2.64. The van der Waals surface area contributed by atoms with Crippen LogP contribution in [0.5, 0.6) is 0 Å². The molecule has 1 aromatic rings. The number of hydroxylamine groups is 2. The van der Waals surface area contributed by atoms with Crippen LogP contribution in [0.2, 0.25) is 0 Å². The zero-order chi connectivity index (χ0) is 28.7. The van der Waals surface area contributed by atoms with Gasteiger partial charge in [-0.05, 0) is 66.0 Å². The number of fused-ring (bicyclic) bond motifs is 7. The molecule has 1 saturated heterocycles. The molecule has 4 aliphatic carbocycles. The number of ketones is 1. The number of carbonyl (C=O) groups is 2. The van der Waals surface area contributed by atoms with Crippen LogP contribution < -0.4 is 0 Å². The Kier molecular flexibility index (Phi) is 6.16. The van der Waals surface area contributed by atoms with Crippen LogP contribution >= 0.6 is 0 Å². The van der Waals surface area contributed by atoms with E-state index >= 15 is 4.39 Å². The van der Waals surface area contributed by atoms with E-state index in [0.717, 1.165) is 5.56 Å². The van der Waals surface area contributed by atoms with Gasteiger partial charge in [0.1, 0.15) is 18.1 Å². The predicted molar refractivity (Wildman–Crippen MR) is 139 cm³/mol. The fourth-order valence-corrected chi connectivity index (χ4v) is 9.30. The number of allylic oxidation sites excluding steroid dienone is 4. The fraction of sp³-hybridized carbons (Fsp3) is 0.581. The van der Waals surface area contributed by atoms with E-state index in [9.17, 15) is 19.1 Å². The van der Waals surface area contributed by atoms with Gasteiger partial charge in [0.25, 0.3) is 0 Å². The second-order valence-corrected chi connectivity index (χ2v) is 12.9. The zero-order valence-electron chi connectivity index (χ0n) is 22.9. The third kappa shape index (κ3) is 3.49. The molecule has 212 valence electrons. The van der Waals surface area contributed by atoms with E-state index in [1.807, 2.05) is 19.9 Å². The average molecular weight is 553 g/mol. The van der Waals surface area contributed by atoms with Crippen LogP contribution in [0.3, 0.4) is 0 Å². The van der Waals surface area contributed by atoms with Crippen molar-refractivity contribution >= 4 is 11.8 Å². The molecule has 1 aromatic carbocycles. The molecule has 40 heavy (non-hydrogen) atoms. The normalized spacial score (nSPS) is 43.7. The maximum atomic E-state index is 15.9. The Labute approximate surface area is 232 Å². The van der Waals surface area contributed by atoms with Crippen LogP contribution in [0.4, 0.5) is 8.78 Å². The summed E-state index contributed by atoms with van der Waals surface area (Å²) in [5.74, 6) is -2.26. The molecule has 9 unspecified atom stereocenters. The molecule has 0 radical (unpaired) electrons. The fourth-order valence-electron chi connectivity index (χ4n) is 9.30. The highest BCUT2D eigenvalue weighted by atomic mass is 19.1. The van der Waals surface area contributed by atoms with Crippen LogP contribution in [-0.2, 0) is 25.7 Å². The largest absolute Gasteiger partial charge is 0.448 e. The lowest BCUT2D eigenvalue weighted by atomic mass is 9.41. The van der Waals surface area contributed by atoms with Crippen LogP contribution in [0.1, 0.15) is 45.6 Å². The Morgan fingerprint density at radius 2 is 1.98 bits per heavy atom. The number of alkyl halides is 1. The number of halogens is 2. The monoisotopic (exact) mass is 552 g/mol. The minimum atomic E-state index is -1.49. The lowest BCUT2D eigenvalue weighted by molar-refractivity contribution is -0.278. The molecule has 9 heteroatoms. The predicted octanol–water partition coefficient (Wildman–Crippen LogP) is 4.22. The highest BCUT2D eigenvalue weighted by Gasteiger charge is 2.80. The van der Waals surface area contributed by atoms with Crippen molar-refractivity contribution in [3.8, 4) is 6.07 Å². The number of nitriles is 1. The number of ether oxygens (including phenoxy) is 1. The Bertz CT molecular complexity index is 1360. The molecule has 1 N–H and O–H groups in total. The van der Waals surface area contributed by atoms with Gasteiger partial charge in [-0.25, -0.2) is 13.6 Å². The van der Waals surface area contributed by atoms with Crippen molar-refractivity contribution in [1.29, 1.82) is 5.26 Å². The standard InChI is InChI=1S/C31H34F2N2O5/c1-28-9-8-21(36)12-22(28)24(33)13-23-26(28)25(37)15-30(3)29(23,2)14-19-17-35(16-18-4-6-20(32)7-5-18)40-31(19,30)27(38)39-11-10-34/h4-9,12,19,23-26,37H,11,13-17H2,1-3H3. The van der Waals surface area contributed by atoms with Gasteiger partial charge in [0.15, 0.2) is 18.0 Å². The number of aliphatic hydroxyl groups excluding tert-OH is 1.